The fourth-order valence-corrected chi connectivity index (χ4v) is 1.83. The molecule has 1 N–H and O–H groups in total. The van der Waals surface area contributed by atoms with E-state index in [9.17, 15) is 0 Å². The molecule has 1 aromatic carbocycles. The molecule has 0 spiro atoms. The first kappa shape index (κ1) is 14.8. The van der Waals surface area contributed by atoms with E-state index < -0.39 is 0 Å². The van der Waals surface area contributed by atoms with Crippen LogP contribution < -0.4 is 10.1 Å². The van der Waals surface area contributed by atoms with Gasteiger partial charge in [-0.15, -0.1) is 0 Å². The van der Waals surface area contributed by atoms with Crippen LogP contribution >= 0.6 is 0 Å². The van der Waals surface area contributed by atoms with E-state index in [1.54, 1.807) is 0 Å². The third-order valence-corrected chi connectivity index (χ3v) is 3.08. The molecule has 2 heteroatoms. The monoisotopic (exact) mass is 247 g/mol. The van der Waals surface area contributed by atoms with Crippen molar-refractivity contribution in [3.05, 3.63) is 42.0 Å². The normalized spacial score (nSPS) is 12.2. The van der Waals surface area contributed by atoms with Gasteiger partial charge in [0.2, 0.25) is 0 Å². The minimum absolute atomic E-state index is 0.439. The highest BCUT2D eigenvalue weighted by atomic mass is 16.5. The van der Waals surface area contributed by atoms with Crippen molar-refractivity contribution in [2.24, 2.45) is 0 Å². The van der Waals surface area contributed by atoms with E-state index in [0.29, 0.717) is 12.6 Å². The quantitative estimate of drug-likeness (QED) is 0.699. The molecule has 1 unspecified atom stereocenters. The molecule has 0 fully saturated rings. The molecule has 0 saturated heterocycles. The fourth-order valence-electron chi connectivity index (χ4n) is 1.83. The van der Waals surface area contributed by atoms with E-state index in [4.69, 9.17) is 4.74 Å². The molecule has 2 nitrogen and oxygen atoms in total. The molecule has 1 aromatic rings. The smallest absolute Gasteiger partial charge is 0.119 e. The van der Waals surface area contributed by atoms with Crippen LogP contribution in [0.1, 0.15) is 45.2 Å². The molecular weight excluding hydrogens is 222 g/mol. The van der Waals surface area contributed by atoms with Gasteiger partial charge in [-0.05, 0) is 42.7 Å². The van der Waals surface area contributed by atoms with Crippen LogP contribution in [0.3, 0.4) is 0 Å². The minimum atomic E-state index is 0.439. The molecule has 1 atom stereocenters. The van der Waals surface area contributed by atoms with Gasteiger partial charge in [-0.1, -0.05) is 39.5 Å². The average Bonchev–Trinajstić information content (AvgIpc) is 2.42. The Balaban J connectivity index is 2.58. The van der Waals surface area contributed by atoms with Crippen molar-refractivity contribution in [3.8, 4) is 5.75 Å². The molecule has 0 saturated carbocycles. The summed E-state index contributed by atoms with van der Waals surface area (Å²) in [5.41, 5.74) is 2.44. The molecule has 0 radical (unpaired) electrons. The third-order valence-electron chi connectivity index (χ3n) is 3.08. The number of ether oxygens (including phenoxy) is 1. The molecule has 0 aliphatic carbocycles. The lowest BCUT2D eigenvalue weighted by atomic mass is 10.0. The Morgan fingerprint density at radius 3 is 2.39 bits per heavy atom. The number of nitrogens with one attached hydrogen (secondary N) is 1. The van der Waals surface area contributed by atoms with Crippen molar-refractivity contribution in [3.63, 3.8) is 0 Å². The zero-order valence-electron chi connectivity index (χ0n) is 11.8. The van der Waals surface area contributed by atoms with Gasteiger partial charge >= 0.3 is 0 Å². The van der Waals surface area contributed by atoms with Crippen LogP contribution in [0, 0.1) is 0 Å². The number of benzene rings is 1. The molecule has 1 rings (SSSR count). The zero-order chi connectivity index (χ0) is 13.4. The summed E-state index contributed by atoms with van der Waals surface area (Å²) >= 11 is 0. The molecule has 100 valence electrons. The predicted octanol–water partition coefficient (Wildman–Crippen LogP) is 4.09. The Morgan fingerprint density at radius 1 is 1.22 bits per heavy atom. The van der Waals surface area contributed by atoms with Crippen LogP contribution in [0.4, 0.5) is 0 Å². The van der Waals surface area contributed by atoms with Crippen LogP contribution in [0.5, 0.6) is 5.75 Å². The zero-order valence-corrected chi connectivity index (χ0v) is 11.8. The SMILES string of the molecule is C=C(CC)COc1ccc(C(CC)NCC)cc1. The highest BCUT2D eigenvalue weighted by molar-refractivity contribution is 5.29. The van der Waals surface area contributed by atoms with Gasteiger partial charge in [-0.25, -0.2) is 0 Å². The van der Waals surface area contributed by atoms with Crippen LogP contribution in [0.15, 0.2) is 36.4 Å². The summed E-state index contributed by atoms with van der Waals surface area (Å²) in [7, 11) is 0. The lowest BCUT2D eigenvalue weighted by Gasteiger charge is -2.16. The van der Waals surface area contributed by atoms with Crippen LogP contribution in [0.2, 0.25) is 0 Å². The lowest BCUT2D eigenvalue weighted by molar-refractivity contribution is 0.349. The van der Waals surface area contributed by atoms with Gasteiger partial charge in [0, 0.05) is 6.04 Å². The van der Waals surface area contributed by atoms with Crippen molar-refractivity contribution in [1.82, 2.24) is 5.32 Å². The molecular formula is C16H25NO. The van der Waals surface area contributed by atoms with Gasteiger partial charge in [0.05, 0.1) is 0 Å². The first-order valence-electron chi connectivity index (χ1n) is 6.84. The van der Waals surface area contributed by atoms with Gasteiger partial charge in [0.1, 0.15) is 12.4 Å². The summed E-state index contributed by atoms with van der Waals surface area (Å²) in [6.45, 7) is 12.0. The maximum absolute atomic E-state index is 5.67. The lowest BCUT2D eigenvalue weighted by Crippen LogP contribution is -2.19. The molecule has 0 amide bonds. The van der Waals surface area contributed by atoms with E-state index in [1.807, 2.05) is 12.1 Å². The first-order chi connectivity index (χ1) is 8.71. The average molecular weight is 247 g/mol. The van der Waals surface area contributed by atoms with E-state index in [-0.39, 0.29) is 0 Å². The summed E-state index contributed by atoms with van der Waals surface area (Å²) < 4.78 is 5.67. The van der Waals surface area contributed by atoms with E-state index >= 15 is 0 Å². The van der Waals surface area contributed by atoms with E-state index in [0.717, 1.165) is 30.7 Å². The van der Waals surface area contributed by atoms with Crippen molar-refractivity contribution >= 4 is 0 Å². The Morgan fingerprint density at radius 2 is 1.89 bits per heavy atom. The van der Waals surface area contributed by atoms with Crippen molar-refractivity contribution in [2.75, 3.05) is 13.2 Å². The van der Waals surface area contributed by atoms with Gasteiger partial charge in [0.25, 0.3) is 0 Å². The number of rotatable bonds is 8. The van der Waals surface area contributed by atoms with Gasteiger partial charge in [-0.2, -0.15) is 0 Å². The third kappa shape index (κ3) is 4.53. The Bertz CT molecular complexity index is 356. The summed E-state index contributed by atoms with van der Waals surface area (Å²) in [5, 5.41) is 3.47. The van der Waals surface area contributed by atoms with Gasteiger partial charge < -0.3 is 10.1 Å². The molecule has 0 heterocycles. The van der Waals surface area contributed by atoms with Gasteiger partial charge in [0.15, 0.2) is 0 Å². The Kier molecular flexibility index (Phi) is 6.51. The van der Waals surface area contributed by atoms with Crippen LogP contribution in [0.25, 0.3) is 0 Å². The topological polar surface area (TPSA) is 21.3 Å². The summed E-state index contributed by atoms with van der Waals surface area (Å²) in [5.74, 6) is 0.916. The second kappa shape index (κ2) is 7.93. The Labute approximate surface area is 111 Å². The molecule has 0 aromatic heterocycles. The maximum atomic E-state index is 5.67. The largest absolute Gasteiger partial charge is 0.489 e. The van der Waals surface area contributed by atoms with Crippen LogP contribution in [-0.4, -0.2) is 13.2 Å². The first-order valence-corrected chi connectivity index (χ1v) is 6.84. The van der Waals surface area contributed by atoms with Crippen molar-refractivity contribution in [2.45, 2.75) is 39.7 Å². The summed E-state index contributed by atoms with van der Waals surface area (Å²) in [6.07, 6.45) is 2.07. The maximum Gasteiger partial charge on any atom is 0.119 e. The van der Waals surface area contributed by atoms with Crippen LogP contribution in [-0.2, 0) is 0 Å². The summed E-state index contributed by atoms with van der Waals surface area (Å²) in [6, 6.07) is 8.80. The molecule has 0 aliphatic heterocycles. The predicted molar refractivity (Wildman–Crippen MR) is 78.1 cm³/mol. The van der Waals surface area contributed by atoms with Gasteiger partial charge in [-0.3, -0.25) is 0 Å². The summed E-state index contributed by atoms with van der Waals surface area (Å²) in [4.78, 5) is 0. The van der Waals surface area contributed by atoms with Crippen molar-refractivity contribution in [1.29, 1.82) is 0 Å². The molecule has 0 aliphatic rings. The van der Waals surface area contributed by atoms with Crippen molar-refractivity contribution < 1.29 is 4.74 Å². The standard InChI is InChI=1S/C16H25NO/c1-5-13(4)12-18-15-10-8-14(9-11-15)16(6-2)17-7-3/h8-11,16-17H,4-7,12H2,1-3H3. The van der Waals surface area contributed by atoms with E-state index in [1.165, 1.54) is 5.56 Å². The minimum Gasteiger partial charge on any atom is -0.489 e. The number of hydrogen-bond donors (Lipinski definition) is 1. The number of hydrogen-bond acceptors (Lipinski definition) is 2. The molecule has 0 bridgehead atoms. The highest BCUT2D eigenvalue weighted by Gasteiger charge is 2.07. The fraction of sp³-hybridized carbons (Fsp3) is 0.500. The second-order valence-corrected chi connectivity index (χ2v) is 4.48. The van der Waals surface area contributed by atoms with E-state index in [2.05, 4.69) is 44.8 Å². The Hall–Kier alpha value is -1.28. The molecule has 18 heavy (non-hydrogen) atoms. The second-order valence-electron chi connectivity index (χ2n) is 4.48. The highest BCUT2D eigenvalue weighted by Crippen LogP contribution is 2.20.